The highest BCUT2D eigenvalue weighted by molar-refractivity contribution is 7.88. The van der Waals surface area contributed by atoms with Crippen LogP contribution in [0.3, 0.4) is 0 Å². The smallest absolute Gasteiger partial charge is 0.212 e. The summed E-state index contributed by atoms with van der Waals surface area (Å²) >= 11 is 0. The highest BCUT2D eigenvalue weighted by atomic mass is 32.2. The maximum Gasteiger partial charge on any atom is 0.212 e. The molecule has 15 heavy (non-hydrogen) atoms. The Bertz CT molecular complexity index is 462. The molecule has 0 radical (unpaired) electrons. The quantitative estimate of drug-likeness (QED) is 0.773. The van der Waals surface area contributed by atoms with Crippen LogP contribution in [0.5, 0.6) is 0 Å². The average molecular weight is 224 g/mol. The van der Waals surface area contributed by atoms with Gasteiger partial charge in [0.05, 0.1) is 12.3 Å². The Kier molecular flexibility index (Phi) is 3.45. The summed E-state index contributed by atoms with van der Waals surface area (Å²) < 4.78 is 23.6. The minimum atomic E-state index is -3.35. The SMILES string of the molecule is CN(C(C#N)c1ccccc1)S(C)(=O)=O. The van der Waals surface area contributed by atoms with Crippen LogP contribution in [0.2, 0.25) is 0 Å². The minimum absolute atomic E-state index is 0.674. The van der Waals surface area contributed by atoms with E-state index in [0.29, 0.717) is 5.56 Å². The molecule has 0 aliphatic rings. The number of sulfonamides is 1. The summed E-state index contributed by atoms with van der Waals surface area (Å²) in [5.74, 6) is 0. The predicted octanol–water partition coefficient (Wildman–Crippen LogP) is 1.14. The van der Waals surface area contributed by atoms with E-state index in [9.17, 15) is 8.42 Å². The van der Waals surface area contributed by atoms with E-state index < -0.39 is 16.1 Å². The average Bonchev–Trinajstić information content (AvgIpc) is 2.19. The van der Waals surface area contributed by atoms with Crippen LogP contribution in [0.1, 0.15) is 11.6 Å². The molecule has 80 valence electrons. The van der Waals surface area contributed by atoms with Crippen LogP contribution in [0, 0.1) is 11.3 Å². The van der Waals surface area contributed by atoms with Crippen molar-refractivity contribution >= 4 is 10.0 Å². The Labute approximate surface area is 89.8 Å². The summed E-state index contributed by atoms with van der Waals surface area (Å²) in [4.78, 5) is 0. The molecule has 4 nitrogen and oxygen atoms in total. The third kappa shape index (κ3) is 2.78. The molecule has 0 fully saturated rings. The molecular formula is C10H12N2O2S. The fourth-order valence-corrected chi connectivity index (χ4v) is 1.74. The molecular weight excluding hydrogens is 212 g/mol. The van der Waals surface area contributed by atoms with Crippen molar-refractivity contribution in [3.05, 3.63) is 35.9 Å². The fraction of sp³-hybridized carbons (Fsp3) is 0.300. The van der Waals surface area contributed by atoms with Gasteiger partial charge in [-0.3, -0.25) is 0 Å². The van der Waals surface area contributed by atoms with E-state index >= 15 is 0 Å². The van der Waals surface area contributed by atoms with Crippen molar-refractivity contribution in [2.24, 2.45) is 0 Å². The van der Waals surface area contributed by atoms with Gasteiger partial charge in [-0.2, -0.15) is 9.57 Å². The Hall–Kier alpha value is -1.38. The van der Waals surface area contributed by atoms with E-state index in [-0.39, 0.29) is 0 Å². The van der Waals surface area contributed by atoms with Crippen molar-refractivity contribution in [2.45, 2.75) is 6.04 Å². The molecule has 0 spiro atoms. The molecule has 5 heteroatoms. The van der Waals surface area contributed by atoms with Crippen molar-refractivity contribution in [3.8, 4) is 6.07 Å². The monoisotopic (exact) mass is 224 g/mol. The Morgan fingerprint density at radius 3 is 2.27 bits per heavy atom. The zero-order chi connectivity index (χ0) is 11.5. The van der Waals surface area contributed by atoms with Gasteiger partial charge >= 0.3 is 0 Å². The van der Waals surface area contributed by atoms with Crippen LogP contribution < -0.4 is 0 Å². The molecule has 0 saturated heterocycles. The standard InChI is InChI=1S/C10H12N2O2S/c1-12(15(2,13)14)10(8-11)9-6-4-3-5-7-9/h3-7,10H,1-2H3. The van der Waals surface area contributed by atoms with Crippen molar-refractivity contribution in [3.63, 3.8) is 0 Å². The first-order chi connectivity index (χ1) is 6.96. The molecule has 0 heterocycles. The first-order valence-corrected chi connectivity index (χ1v) is 6.19. The van der Waals surface area contributed by atoms with E-state index in [1.165, 1.54) is 7.05 Å². The predicted molar refractivity (Wildman–Crippen MR) is 57.4 cm³/mol. The lowest BCUT2D eigenvalue weighted by Crippen LogP contribution is -2.29. The Balaban J connectivity index is 3.08. The van der Waals surface area contributed by atoms with Gasteiger partial charge in [-0.05, 0) is 5.56 Å². The van der Waals surface area contributed by atoms with Gasteiger partial charge in [0, 0.05) is 7.05 Å². The number of hydrogen-bond donors (Lipinski definition) is 0. The van der Waals surface area contributed by atoms with Gasteiger partial charge in [0.1, 0.15) is 6.04 Å². The summed E-state index contributed by atoms with van der Waals surface area (Å²) in [5.41, 5.74) is 0.674. The fourth-order valence-electron chi connectivity index (χ4n) is 1.19. The molecule has 0 N–H and O–H groups in total. The second-order valence-electron chi connectivity index (χ2n) is 3.22. The van der Waals surface area contributed by atoms with Gasteiger partial charge in [0.2, 0.25) is 10.0 Å². The Morgan fingerprint density at radius 2 is 1.87 bits per heavy atom. The Morgan fingerprint density at radius 1 is 1.33 bits per heavy atom. The van der Waals surface area contributed by atoms with Gasteiger partial charge in [-0.15, -0.1) is 0 Å². The van der Waals surface area contributed by atoms with Crippen molar-refractivity contribution in [1.29, 1.82) is 5.26 Å². The highest BCUT2D eigenvalue weighted by Crippen LogP contribution is 2.20. The summed E-state index contributed by atoms with van der Waals surface area (Å²) in [6.45, 7) is 0. The topological polar surface area (TPSA) is 61.2 Å². The number of nitrogens with zero attached hydrogens (tertiary/aromatic N) is 2. The second kappa shape index (κ2) is 4.43. The van der Waals surface area contributed by atoms with Gasteiger partial charge in [0.25, 0.3) is 0 Å². The normalized spacial score (nSPS) is 13.5. The maximum absolute atomic E-state index is 11.3. The van der Waals surface area contributed by atoms with Crippen molar-refractivity contribution in [2.75, 3.05) is 13.3 Å². The highest BCUT2D eigenvalue weighted by Gasteiger charge is 2.23. The van der Waals surface area contributed by atoms with Crippen LogP contribution >= 0.6 is 0 Å². The maximum atomic E-state index is 11.3. The largest absolute Gasteiger partial charge is 0.212 e. The number of nitriles is 1. The molecule has 0 aliphatic carbocycles. The molecule has 0 saturated carbocycles. The molecule has 0 bridgehead atoms. The van der Waals surface area contributed by atoms with E-state index in [1.807, 2.05) is 12.1 Å². The zero-order valence-electron chi connectivity index (χ0n) is 8.58. The third-order valence-corrected chi connectivity index (χ3v) is 3.38. The van der Waals surface area contributed by atoms with Gasteiger partial charge in [-0.25, -0.2) is 8.42 Å². The summed E-state index contributed by atoms with van der Waals surface area (Å²) in [7, 11) is -1.95. The van der Waals surface area contributed by atoms with E-state index in [0.717, 1.165) is 10.6 Å². The number of benzene rings is 1. The van der Waals surface area contributed by atoms with Crippen molar-refractivity contribution < 1.29 is 8.42 Å². The summed E-state index contributed by atoms with van der Waals surface area (Å²) in [5, 5.41) is 8.96. The summed E-state index contributed by atoms with van der Waals surface area (Å²) in [6.07, 6.45) is 1.08. The van der Waals surface area contributed by atoms with Crippen LogP contribution in [-0.4, -0.2) is 26.0 Å². The molecule has 1 atom stereocenters. The summed E-state index contributed by atoms with van der Waals surface area (Å²) in [6, 6.07) is 10.0. The van der Waals surface area contributed by atoms with Crippen LogP contribution in [0.15, 0.2) is 30.3 Å². The minimum Gasteiger partial charge on any atom is -0.212 e. The van der Waals surface area contributed by atoms with Crippen molar-refractivity contribution in [1.82, 2.24) is 4.31 Å². The van der Waals surface area contributed by atoms with E-state index in [2.05, 4.69) is 0 Å². The molecule has 0 aromatic heterocycles. The van der Waals surface area contributed by atoms with Gasteiger partial charge in [0.15, 0.2) is 0 Å². The first kappa shape index (κ1) is 11.7. The van der Waals surface area contributed by atoms with E-state index in [1.54, 1.807) is 24.3 Å². The third-order valence-electron chi connectivity index (χ3n) is 2.12. The van der Waals surface area contributed by atoms with Crippen LogP contribution in [0.25, 0.3) is 0 Å². The van der Waals surface area contributed by atoms with Gasteiger partial charge in [-0.1, -0.05) is 30.3 Å². The number of hydrogen-bond acceptors (Lipinski definition) is 3. The number of rotatable bonds is 3. The lowest BCUT2D eigenvalue weighted by atomic mass is 10.1. The van der Waals surface area contributed by atoms with Gasteiger partial charge < -0.3 is 0 Å². The lowest BCUT2D eigenvalue weighted by Gasteiger charge is -2.20. The lowest BCUT2D eigenvalue weighted by molar-refractivity contribution is 0.437. The molecule has 0 aliphatic heterocycles. The van der Waals surface area contributed by atoms with Crippen LogP contribution in [-0.2, 0) is 10.0 Å². The van der Waals surface area contributed by atoms with Crippen LogP contribution in [0.4, 0.5) is 0 Å². The molecule has 1 rings (SSSR count). The molecule has 1 unspecified atom stereocenters. The molecule has 0 amide bonds. The van der Waals surface area contributed by atoms with E-state index in [4.69, 9.17) is 5.26 Å². The molecule has 1 aromatic rings. The zero-order valence-corrected chi connectivity index (χ0v) is 9.40. The molecule has 1 aromatic carbocycles. The first-order valence-electron chi connectivity index (χ1n) is 4.34. The second-order valence-corrected chi connectivity index (χ2v) is 5.26.